The quantitative estimate of drug-likeness (QED) is 0.687. The van der Waals surface area contributed by atoms with E-state index in [0.717, 1.165) is 6.07 Å². The Morgan fingerprint density at radius 3 is 2.40 bits per heavy atom. The maximum atomic E-state index is 13.0. The topological polar surface area (TPSA) is 76.6 Å². The Hall–Kier alpha value is -2.62. The molecule has 0 bridgehead atoms. The minimum absolute atomic E-state index is 0.0616. The molecule has 1 aliphatic rings. The van der Waals surface area contributed by atoms with Crippen LogP contribution in [0, 0.1) is 0 Å². The molecule has 0 saturated carbocycles. The van der Waals surface area contributed by atoms with Gasteiger partial charge in [0.25, 0.3) is 0 Å². The fourth-order valence-electron chi connectivity index (χ4n) is 2.93. The minimum Gasteiger partial charge on any atom is -0.470 e. The van der Waals surface area contributed by atoms with Crippen LogP contribution in [0.1, 0.15) is 25.0 Å². The number of likely N-dealkylation sites (tertiary alicyclic amines) is 1. The Morgan fingerprint density at radius 2 is 1.83 bits per heavy atom. The zero-order chi connectivity index (χ0) is 22.1. The van der Waals surface area contributed by atoms with Crippen LogP contribution in [0.3, 0.4) is 0 Å². The van der Waals surface area contributed by atoms with Gasteiger partial charge in [-0.15, -0.1) is 0 Å². The van der Waals surface area contributed by atoms with Gasteiger partial charge in [0.15, 0.2) is 9.84 Å². The molecule has 0 aliphatic carbocycles. The normalized spacial score (nSPS) is 15.2. The largest absolute Gasteiger partial charge is 0.470 e. The lowest BCUT2D eigenvalue weighted by atomic mass is 10.1. The molecule has 2 heterocycles. The number of carbonyl (C=O) groups is 1. The van der Waals surface area contributed by atoms with Gasteiger partial charge in [-0.05, 0) is 43.7 Å². The van der Waals surface area contributed by atoms with Gasteiger partial charge < -0.3 is 9.64 Å². The van der Waals surface area contributed by atoms with Crippen LogP contribution in [0.4, 0.5) is 13.2 Å². The lowest BCUT2D eigenvalue weighted by Crippen LogP contribution is -2.56. The number of amides is 1. The number of hydrogen-bond donors (Lipinski definition) is 0. The van der Waals surface area contributed by atoms with Crippen molar-refractivity contribution < 1.29 is 31.1 Å². The molecule has 0 unspecified atom stereocenters. The number of ether oxygens (including phenoxy) is 1. The zero-order valence-corrected chi connectivity index (χ0v) is 17.2. The third-order valence-corrected chi connectivity index (χ3v) is 6.95. The van der Waals surface area contributed by atoms with E-state index in [1.807, 2.05) is 0 Å². The summed E-state index contributed by atoms with van der Waals surface area (Å²) in [6.45, 7) is 3.51. The molecule has 3 rings (SSSR count). The van der Waals surface area contributed by atoms with Crippen LogP contribution in [0.25, 0.3) is 0 Å². The van der Waals surface area contributed by atoms with E-state index in [-0.39, 0.29) is 30.3 Å². The van der Waals surface area contributed by atoms with E-state index >= 15 is 0 Å². The van der Waals surface area contributed by atoms with E-state index in [1.165, 1.54) is 29.3 Å². The predicted molar refractivity (Wildman–Crippen MR) is 103 cm³/mol. The fraction of sp³-hybridized carbons (Fsp3) is 0.400. The first-order valence-corrected chi connectivity index (χ1v) is 10.8. The third kappa shape index (κ3) is 4.75. The Balaban J connectivity index is 1.55. The average Bonchev–Trinajstić information content (AvgIpc) is 2.64. The first kappa shape index (κ1) is 22.1. The van der Waals surface area contributed by atoms with Gasteiger partial charge in [-0.3, -0.25) is 4.79 Å². The standard InChI is InChI=1S/C20H21F3N2O4S/c1-13(2)30(27,28)16-7-5-14(6-8-16)10-18(26)25-11-15(12-25)29-19-17(20(21,22)23)4-3-9-24-19/h3-9,13,15H,10-12H2,1-2H3. The van der Waals surface area contributed by atoms with Crippen molar-refractivity contribution in [3.8, 4) is 5.88 Å². The summed E-state index contributed by atoms with van der Waals surface area (Å²) in [5.74, 6) is -0.713. The summed E-state index contributed by atoms with van der Waals surface area (Å²) in [6.07, 6.45) is -3.86. The number of rotatable bonds is 6. The van der Waals surface area contributed by atoms with Crippen molar-refractivity contribution in [1.29, 1.82) is 0 Å². The number of sulfone groups is 1. The maximum absolute atomic E-state index is 13.0. The highest BCUT2D eigenvalue weighted by Crippen LogP contribution is 2.35. The average molecular weight is 442 g/mol. The summed E-state index contributed by atoms with van der Waals surface area (Å²) in [6, 6.07) is 8.20. The Kier molecular flexibility index (Phi) is 6.07. The van der Waals surface area contributed by atoms with E-state index in [2.05, 4.69) is 4.98 Å². The molecule has 162 valence electrons. The van der Waals surface area contributed by atoms with Crippen LogP contribution in [0.15, 0.2) is 47.5 Å². The Morgan fingerprint density at radius 1 is 1.20 bits per heavy atom. The number of carbonyl (C=O) groups excluding carboxylic acids is 1. The first-order chi connectivity index (χ1) is 14.0. The van der Waals surface area contributed by atoms with Crippen molar-refractivity contribution in [2.24, 2.45) is 0 Å². The highest BCUT2D eigenvalue weighted by Gasteiger charge is 2.38. The molecule has 1 saturated heterocycles. The van der Waals surface area contributed by atoms with Crippen molar-refractivity contribution in [3.63, 3.8) is 0 Å². The van der Waals surface area contributed by atoms with Crippen LogP contribution in [0.2, 0.25) is 0 Å². The molecule has 1 fully saturated rings. The van der Waals surface area contributed by atoms with E-state index in [0.29, 0.717) is 5.56 Å². The van der Waals surface area contributed by atoms with Gasteiger partial charge in [-0.1, -0.05) is 12.1 Å². The molecule has 10 heteroatoms. The van der Waals surface area contributed by atoms with E-state index in [4.69, 9.17) is 4.74 Å². The molecule has 0 atom stereocenters. The third-order valence-electron chi connectivity index (χ3n) is 4.78. The minimum atomic E-state index is -4.57. The van der Waals surface area contributed by atoms with Crippen LogP contribution in [0.5, 0.6) is 5.88 Å². The van der Waals surface area contributed by atoms with Crippen LogP contribution >= 0.6 is 0 Å². The summed E-state index contributed by atoms with van der Waals surface area (Å²) >= 11 is 0. The number of pyridine rings is 1. The number of halogens is 3. The lowest BCUT2D eigenvalue weighted by Gasteiger charge is -2.39. The second-order valence-electron chi connectivity index (χ2n) is 7.31. The van der Waals surface area contributed by atoms with Crippen LogP contribution in [-0.4, -0.2) is 48.7 Å². The monoisotopic (exact) mass is 442 g/mol. The second kappa shape index (κ2) is 8.25. The molecule has 30 heavy (non-hydrogen) atoms. The highest BCUT2D eigenvalue weighted by molar-refractivity contribution is 7.92. The summed E-state index contributed by atoms with van der Waals surface area (Å²) < 4.78 is 68.6. The summed E-state index contributed by atoms with van der Waals surface area (Å²) in [5.41, 5.74) is -0.303. The van der Waals surface area contributed by atoms with Crippen molar-refractivity contribution in [1.82, 2.24) is 9.88 Å². The molecule has 0 N–H and O–H groups in total. The number of alkyl halides is 3. The molecule has 1 aliphatic heterocycles. The number of benzene rings is 1. The molecule has 1 aromatic heterocycles. The van der Waals surface area contributed by atoms with Crippen molar-refractivity contribution in [2.75, 3.05) is 13.1 Å². The van der Waals surface area contributed by atoms with Crippen LogP contribution < -0.4 is 4.74 Å². The van der Waals surface area contributed by atoms with Gasteiger partial charge in [-0.2, -0.15) is 13.2 Å². The summed E-state index contributed by atoms with van der Waals surface area (Å²) in [4.78, 5) is 17.7. The maximum Gasteiger partial charge on any atom is 0.421 e. The molecular weight excluding hydrogens is 421 g/mol. The van der Waals surface area contributed by atoms with Crippen molar-refractivity contribution in [3.05, 3.63) is 53.7 Å². The van der Waals surface area contributed by atoms with Gasteiger partial charge in [-0.25, -0.2) is 13.4 Å². The lowest BCUT2D eigenvalue weighted by molar-refractivity contribution is -0.144. The number of nitrogens with zero attached hydrogens (tertiary/aromatic N) is 2. The van der Waals surface area contributed by atoms with Gasteiger partial charge >= 0.3 is 6.18 Å². The second-order valence-corrected chi connectivity index (χ2v) is 9.81. The molecule has 6 nitrogen and oxygen atoms in total. The number of aromatic nitrogens is 1. The molecule has 0 spiro atoms. The van der Waals surface area contributed by atoms with Crippen molar-refractivity contribution in [2.45, 2.75) is 42.7 Å². The summed E-state index contributed by atoms with van der Waals surface area (Å²) in [5, 5.41) is -0.542. The van der Waals surface area contributed by atoms with E-state index in [1.54, 1.807) is 26.0 Å². The summed E-state index contributed by atoms with van der Waals surface area (Å²) in [7, 11) is -3.38. The van der Waals surface area contributed by atoms with E-state index in [9.17, 15) is 26.4 Å². The highest BCUT2D eigenvalue weighted by atomic mass is 32.2. The predicted octanol–water partition coefficient (Wildman–Crippen LogP) is 3.11. The fourth-order valence-corrected chi connectivity index (χ4v) is 3.99. The molecule has 1 aromatic carbocycles. The SMILES string of the molecule is CC(C)S(=O)(=O)c1ccc(CC(=O)N2CC(Oc3ncccc3C(F)(F)F)C2)cc1. The van der Waals surface area contributed by atoms with Gasteiger partial charge in [0.1, 0.15) is 11.7 Å². The van der Waals surface area contributed by atoms with Gasteiger partial charge in [0.2, 0.25) is 11.8 Å². The zero-order valence-electron chi connectivity index (χ0n) is 16.4. The Labute approximate surface area is 172 Å². The van der Waals surface area contributed by atoms with Crippen molar-refractivity contribution >= 4 is 15.7 Å². The van der Waals surface area contributed by atoms with E-state index < -0.39 is 38.8 Å². The molecule has 0 radical (unpaired) electrons. The molecule has 2 aromatic rings. The Bertz CT molecular complexity index is 1020. The van der Waals surface area contributed by atoms with Crippen LogP contribution in [-0.2, 0) is 27.2 Å². The first-order valence-electron chi connectivity index (χ1n) is 9.28. The van der Waals surface area contributed by atoms with Gasteiger partial charge in [0, 0.05) is 6.20 Å². The number of hydrogen-bond acceptors (Lipinski definition) is 5. The molecule has 1 amide bonds. The smallest absolute Gasteiger partial charge is 0.421 e. The molecular formula is C20H21F3N2O4S. The van der Waals surface area contributed by atoms with Gasteiger partial charge in [0.05, 0.1) is 29.7 Å².